The van der Waals surface area contributed by atoms with E-state index in [9.17, 15) is 17.6 Å². The molecule has 1 aliphatic carbocycles. The maximum absolute atomic E-state index is 13.6. The van der Waals surface area contributed by atoms with E-state index >= 15 is 0 Å². The normalized spacial score (nSPS) is 17.3. The third-order valence-electron chi connectivity index (χ3n) is 5.96. The first kappa shape index (κ1) is 21.8. The Bertz CT molecular complexity index is 1050. The molecule has 6 nitrogen and oxygen atoms in total. The van der Waals surface area contributed by atoms with Crippen LogP contribution in [0.2, 0.25) is 0 Å². The number of para-hydroxylation sites is 1. The summed E-state index contributed by atoms with van der Waals surface area (Å²) < 4.78 is 46.5. The second-order valence-corrected chi connectivity index (χ2v) is 9.89. The number of piperazine rings is 1. The first-order valence-corrected chi connectivity index (χ1v) is 12.2. The predicted molar refractivity (Wildman–Crippen MR) is 115 cm³/mol. The number of amides is 1. The van der Waals surface area contributed by atoms with Crippen LogP contribution in [-0.2, 0) is 27.7 Å². The number of ether oxygens (including phenoxy) is 1. The molecule has 0 N–H and O–H groups in total. The Labute approximate surface area is 182 Å². The van der Waals surface area contributed by atoms with Crippen LogP contribution < -0.4 is 4.74 Å². The second-order valence-electron chi connectivity index (χ2n) is 7.95. The summed E-state index contributed by atoms with van der Waals surface area (Å²) in [7, 11) is -3.57. The second kappa shape index (κ2) is 9.36. The Morgan fingerprint density at radius 2 is 1.68 bits per heavy atom. The summed E-state index contributed by atoms with van der Waals surface area (Å²) in [5.74, 6) is -0.464. The molecule has 0 atom stereocenters. The summed E-state index contributed by atoms with van der Waals surface area (Å²) in [6.07, 6.45) is 4.30. The maximum Gasteiger partial charge on any atom is 0.243 e. The minimum atomic E-state index is -3.57. The van der Waals surface area contributed by atoms with E-state index in [1.807, 2.05) is 12.1 Å². The molecule has 0 aromatic heterocycles. The Hall–Kier alpha value is -2.45. The lowest BCUT2D eigenvalue weighted by molar-refractivity contribution is -0.132. The molecule has 0 unspecified atom stereocenters. The maximum atomic E-state index is 13.6. The van der Waals surface area contributed by atoms with Crippen molar-refractivity contribution in [2.75, 3.05) is 32.8 Å². The SMILES string of the molecule is O=C(CCOc1ccccc1F)N1CCN(S(=O)(=O)c2ccc3c(c2)CCCC3)CC1. The minimum Gasteiger partial charge on any atom is -0.490 e. The van der Waals surface area contributed by atoms with Crippen LogP contribution in [0.4, 0.5) is 4.39 Å². The lowest BCUT2D eigenvalue weighted by atomic mass is 9.92. The minimum absolute atomic E-state index is 0.0768. The molecule has 0 saturated carbocycles. The molecule has 31 heavy (non-hydrogen) atoms. The third kappa shape index (κ3) is 4.91. The van der Waals surface area contributed by atoms with Gasteiger partial charge in [-0.2, -0.15) is 4.31 Å². The van der Waals surface area contributed by atoms with Crippen LogP contribution in [0.25, 0.3) is 0 Å². The highest BCUT2D eigenvalue weighted by molar-refractivity contribution is 7.89. The number of benzene rings is 2. The van der Waals surface area contributed by atoms with Gasteiger partial charge in [0.15, 0.2) is 11.6 Å². The molecule has 1 saturated heterocycles. The van der Waals surface area contributed by atoms with E-state index in [1.54, 1.807) is 23.1 Å². The Kier molecular flexibility index (Phi) is 6.57. The Morgan fingerprint density at radius 1 is 0.968 bits per heavy atom. The molecule has 1 heterocycles. The number of rotatable bonds is 6. The zero-order valence-corrected chi connectivity index (χ0v) is 18.2. The lowest BCUT2D eigenvalue weighted by Gasteiger charge is -2.34. The molecule has 2 aliphatic rings. The molecular weight excluding hydrogens is 419 g/mol. The van der Waals surface area contributed by atoms with E-state index in [4.69, 9.17) is 4.74 Å². The molecule has 1 fully saturated rings. The van der Waals surface area contributed by atoms with Gasteiger partial charge in [0.05, 0.1) is 17.9 Å². The van der Waals surface area contributed by atoms with Crippen molar-refractivity contribution in [2.24, 2.45) is 0 Å². The van der Waals surface area contributed by atoms with Crippen molar-refractivity contribution in [2.45, 2.75) is 37.0 Å². The molecular formula is C23H27FN2O4S. The number of hydrogen-bond donors (Lipinski definition) is 0. The van der Waals surface area contributed by atoms with E-state index in [-0.39, 0.29) is 37.8 Å². The van der Waals surface area contributed by atoms with E-state index in [0.717, 1.165) is 31.2 Å². The van der Waals surface area contributed by atoms with Gasteiger partial charge in [-0.1, -0.05) is 18.2 Å². The standard InChI is InChI=1S/C23H27FN2O4S/c24-21-7-3-4-8-22(21)30-16-11-23(27)25-12-14-26(15-13-25)31(28,29)20-10-9-18-5-1-2-6-19(18)17-20/h3-4,7-10,17H,1-2,5-6,11-16H2. The van der Waals surface area contributed by atoms with Gasteiger partial charge in [-0.25, -0.2) is 12.8 Å². The van der Waals surface area contributed by atoms with Crippen molar-refractivity contribution in [3.8, 4) is 5.75 Å². The fourth-order valence-corrected chi connectivity index (χ4v) is 5.64. The smallest absolute Gasteiger partial charge is 0.243 e. The number of carbonyl (C=O) groups excluding carboxylic acids is 1. The number of carbonyl (C=O) groups is 1. The van der Waals surface area contributed by atoms with Gasteiger partial charge in [-0.3, -0.25) is 4.79 Å². The van der Waals surface area contributed by atoms with Gasteiger partial charge in [0.25, 0.3) is 0 Å². The zero-order valence-electron chi connectivity index (χ0n) is 17.4. The molecule has 0 bridgehead atoms. The number of sulfonamides is 1. The highest BCUT2D eigenvalue weighted by Crippen LogP contribution is 2.26. The molecule has 1 aliphatic heterocycles. The summed E-state index contributed by atoms with van der Waals surface area (Å²) in [6, 6.07) is 11.5. The Morgan fingerprint density at radius 3 is 2.42 bits per heavy atom. The number of aryl methyl sites for hydroxylation is 2. The topological polar surface area (TPSA) is 66.9 Å². The molecule has 8 heteroatoms. The van der Waals surface area contributed by atoms with Crippen molar-refractivity contribution < 1.29 is 22.3 Å². The van der Waals surface area contributed by atoms with Crippen LogP contribution >= 0.6 is 0 Å². The number of hydrogen-bond acceptors (Lipinski definition) is 4. The average molecular weight is 447 g/mol. The molecule has 0 radical (unpaired) electrons. The van der Waals surface area contributed by atoms with E-state index < -0.39 is 15.8 Å². The van der Waals surface area contributed by atoms with Crippen molar-refractivity contribution in [3.05, 3.63) is 59.4 Å². The van der Waals surface area contributed by atoms with Crippen LogP contribution in [0.3, 0.4) is 0 Å². The predicted octanol–water partition coefficient (Wildman–Crippen LogP) is 3.01. The van der Waals surface area contributed by atoms with Gasteiger partial charge in [-0.05, 0) is 61.1 Å². The molecule has 2 aromatic carbocycles. The molecule has 0 spiro atoms. The summed E-state index contributed by atoms with van der Waals surface area (Å²) >= 11 is 0. The van der Waals surface area contributed by atoms with Gasteiger partial charge < -0.3 is 9.64 Å². The molecule has 1 amide bonds. The van der Waals surface area contributed by atoms with E-state index in [1.165, 1.54) is 22.0 Å². The summed E-state index contributed by atoms with van der Waals surface area (Å²) in [5.41, 5.74) is 2.38. The van der Waals surface area contributed by atoms with Gasteiger partial charge in [0.2, 0.25) is 15.9 Å². The number of nitrogens with zero attached hydrogens (tertiary/aromatic N) is 2. The van der Waals surface area contributed by atoms with Crippen LogP contribution in [0.1, 0.15) is 30.4 Å². The van der Waals surface area contributed by atoms with Crippen LogP contribution in [0.5, 0.6) is 5.75 Å². The largest absolute Gasteiger partial charge is 0.490 e. The van der Waals surface area contributed by atoms with Crippen molar-refractivity contribution in [3.63, 3.8) is 0 Å². The first-order valence-electron chi connectivity index (χ1n) is 10.7. The van der Waals surface area contributed by atoms with Crippen molar-refractivity contribution in [1.82, 2.24) is 9.21 Å². The molecule has 4 rings (SSSR count). The number of halogens is 1. The van der Waals surface area contributed by atoms with Gasteiger partial charge in [0.1, 0.15) is 0 Å². The van der Waals surface area contributed by atoms with Crippen LogP contribution in [0, 0.1) is 5.82 Å². The molecule has 166 valence electrons. The fraction of sp³-hybridized carbons (Fsp3) is 0.435. The summed E-state index contributed by atoms with van der Waals surface area (Å²) in [5, 5.41) is 0. The van der Waals surface area contributed by atoms with Crippen LogP contribution in [0.15, 0.2) is 47.4 Å². The quantitative estimate of drug-likeness (QED) is 0.684. The summed E-state index contributed by atoms with van der Waals surface area (Å²) in [6.45, 7) is 1.28. The highest BCUT2D eigenvalue weighted by atomic mass is 32.2. The number of fused-ring (bicyclic) bond motifs is 1. The first-order chi connectivity index (χ1) is 14.9. The van der Waals surface area contributed by atoms with E-state index in [0.29, 0.717) is 18.0 Å². The summed E-state index contributed by atoms with van der Waals surface area (Å²) in [4.78, 5) is 14.4. The van der Waals surface area contributed by atoms with Crippen molar-refractivity contribution >= 4 is 15.9 Å². The van der Waals surface area contributed by atoms with Crippen LogP contribution in [-0.4, -0.2) is 56.3 Å². The van der Waals surface area contributed by atoms with Gasteiger partial charge in [0, 0.05) is 26.2 Å². The lowest BCUT2D eigenvalue weighted by Crippen LogP contribution is -2.50. The van der Waals surface area contributed by atoms with Crippen molar-refractivity contribution in [1.29, 1.82) is 0 Å². The monoisotopic (exact) mass is 446 g/mol. The highest BCUT2D eigenvalue weighted by Gasteiger charge is 2.30. The Balaban J connectivity index is 1.30. The third-order valence-corrected chi connectivity index (χ3v) is 7.85. The average Bonchev–Trinajstić information content (AvgIpc) is 2.80. The van der Waals surface area contributed by atoms with Gasteiger partial charge >= 0.3 is 0 Å². The fourth-order valence-electron chi connectivity index (χ4n) is 4.17. The van der Waals surface area contributed by atoms with E-state index in [2.05, 4.69) is 0 Å². The zero-order chi connectivity index (χ0) is 21.8. The molecule has 2 aromatic rings. The van der Waals surface area contributed by atoms with Gasteiger partial charge in [-0.15, -0.1) is 0 Å².